The number of carbonyl (C=O) groups excluding carboxylic acids is 2. The molecule has 1 aliphatic rings. The third-order valence-corrected chi connectivity index (χ3v) is 5.24. The lowest BCUT2D eigenvalue weighted by atomic mass is 10.1. The summed E-state index contributed by atoms with van der Waals surface area (Å²) >= 11 is 6.12. The zero-order valence-corrected chi connectivity index (χ0v) is 15.5. The highest BCUT2D eigenvalue weighted by atomic mass is 35.5. The Morgan fingerprint density at radius 3 is 2.85 bits per heavy atom. The van der Waals surface area contributed by atoms with Crippen LogP contribution in [0.1, 0.15) is 12.0 Å². The fourth-order valence-corrected chi connectivity index (χ4v) is 3.52. The van der Waals surface area contributed by atoms with Gasteiger partial charge in [0.2, 0.25) is 11.8 Å². The maximum Gasteiger partial charge on any atom is 0.229 e. The number of nitrogens with zero attached hydrogens (tertiary/aromatic N) is 2. The maximum atomic E-state index is 12.6. The Morgan fingerprint density at radius 2 is 2.04 bits per heavy atom. The lowest BCUT2D eigenvalue weighted by molar-refractivity contribution is -0.122. The van der Waals surface area contributed by atoms with Crippen LogP contribution in [0.25, 0.3) is 10.9 Å². The number of halogens is 1. The molecule has 1 fully saturated rings. The number of para-hydroxylation sites is 1. The van der Waals surface area contributed by atoms with Crippen molar-refractivity contribution in [1.82, 2.24) is 4.98 Å². The zero-order valence-electron chi connectivity index (χ0n) is 14.8. The normalized spacial score (nSPS) is 16.7. The molecule has 1 aliphatic heterocycles. The molecular formula is C21H18ClN3O2. The summed E-state index contributed by atoms with van der Waals surface area (Å²) in [5, 5.41) is 4.42. The molecule has 2 aromatic carbocycles. The van der Waals surface area contributed by atoms with Crippen LogP contribution in [0.15, 0.2) is 54.7 Å². The number of rotatable bonds is 3. The number of pyridine rings is 1. The van der Waals surface area contributed by atoms with Gasteiger partial charge in [0.1, 0.15) is 0 Å². The van der Waals surface area contributed by atoms with Gasteiger partial charge < -0.3 is 10.2 Å². The number of anilines is 2. The standard InChI is InChI=1S/C21H18ClN3O2/c1-13-7-8-16(11-17(13)22)24-21(27)15-10-19(26)25(12-15)18-6-2-4-14-5-3-9-23-20(14)18/h2-9,11,15H,10,12H2,1H3,(H,24,27). The third kappa shape index (κ3) is 3.38. The van der Waals surface area contributed by atoms with Gasteiger partial charge in [0.25, 0.3) is 0 Å². The van der Waals surface area contributed by atoms with Crippen LogP contribution in [0.4, 0.5) is 11.4 Å². The zero-order chi connectivity index (χ0) is 19.0. The van der Waals surface area contributed by atoms with Gasteiger partial charge >= 0.3 is 0 Å². The van der Waals surface area contributed by atoms with Gasteiger partial charge in [-0.1, -0.05) is 35.9 Å². The second-order valence-corrected chi connectivity index (χ2v) is 7.12. The molecule has 4 rings (SSSR count). The molecule has 0 aliphatic carbocycles. The van der Waals surface area contributed by atoms with E-state index in [-0.39, 0.29) is 18.2 Å². The van der Waals surface area contributed by atoms with Gasteiger partial charge in [0.15, 0.2) is 0 Å². The van der Waals surface area contributed by atoms with Gasteiger partial charge in [-0.25, -0.2) is 0 Å². The van der Waals surface area contributed by atoms with Crippen molar-refractivity contribution in [3.8, 4) is 0 Å². The molecule has 3 aromatic rings. The molecule has 6 heteroatoms. The molecule has 0 saturated carbocycles. The number of fused-ring (bicyclic) bond motifs is 1. The Hall–Kier alpha value is -2.92. The molecule has 27 heavy (non-hydrogen) atoms. The van der Waals surface area contributed by atoms with E-state index in [0.29, 0.717) is 17.3 Å². The summed E-state index contributed by atoms with van der Waals surface area (Å²) in [6.07, 6.45) is 1.88. The summed E-state index contributed by atoms with van der Waals surface area (Å²) in [5.74, 6) is -0.675. The number of aryl methyl sites for hydroxylation is 1. The van der Waals surface area contributed by atoms with Crippen LogP contribution in [0.3, 0.4) is 0 Å². The quantitative estimate of drug-likeness (QED) is 0.742. The number of hydrogen-bond acceptors (Lipinski definition) is 3. The first-order valence-corrected chi connectivity index (χ1v) is 9.12. The smallest absolute Gasteiger partial charge is 0.229 e. The van der Waals surface area contributed by atoms with Gasteiger partial charge in [0.05, 0.1) is 17.1 Å². The van der Waals surface area contributed by atoms with E-state index >= 15 is 0 Å². The number of nitrogens with one attached hydrogen (secondary N) is 1. The van der Waals surface area contributed by atoms with Crippen molar-refractivity contribution in [3.63, 3.8) is 0 Å². The molecule has 5 nitrogen and oxygen atoms in total. The molecule has 0 radical (unpaired) electrons. The summed E-state index contributed by atoms with van der Waals surface area (Å²) in [6, 6.07) is 14.9. The van der Waals surface area contributed by atoms with Crippen LogP contribution in [-0.4, -0.2) is 23.3 Å². The second kappa shape index (κ2) is 7.00. The number of amides is 2. The average molecular weight is 380 g/mol. The van der Waals surface area contributed by atoms with Crippen molar-refractivity contribution in [2.45, 2.75) is 13.3 Å². The van der Waals surface area contributed by atoms with Crippen molar-refractivity contribution in [1.29, 1.82) is 0 Å². The molecule has 2 heterocycles. The summed E-state index contributed by atoms with van der Waals surface area (Å²) in [7, 11) is 0. The minimum Gasteiger partial charge on any atom is -0.326 e. The monoisotopic (exact) mass is 379 g/mol. The van der Waals surface area contributed by atoms with Gasteiger partial charge in [-0.05, 0) is 36.8 Å². The SMILES string of the molecule is Cc1ccc(NC(=O)C2CC(=O)N(c3cccc4cccnc34)C2)cc1Cl. The van der Waals surface area contributed by atoms with Crippen molar-refractivity contribution in [2.75, 3.05) is 16.8 Å². The topological polar surface area (TPSA) is 62.3 Å². The van der Waals surface area contributed by atoms with E-state index in [2.05, 4.69) is 10.3 Å². The summed E-state index contributed by atoms with van der Waals surface area (Å²) in [6.45, 7) is 2.24. The van der Waals surface area contributed by atoms with Crippen LogP contribution in [0.5, 0.6) is 0 Å². The largest absolute Gasteiger partial charge is 0.326 e. The lowest BCUT2D eigenvalue weighted by Gasteiger charge is -2.18. The average Bonchev–Trinajstić information content (AvgIpc) is 3.06. The van der Waals surface area contributed by atoms with Crippen LogP contribution in [0, 0.1) is 12.8 Å². The summed E-state index contributed by atoms with van der Waals surface area (Å²) < 4.78 is 0. The molecule has 1 aromatic heterocycles. The van der Waals surface area contributed by atoms with Gasteiger partial charge in [-0.15, -0.1) is 0 Å². The summed E-state index contributed by atoms with van der Waals surface area (Å²) in [4.78, 5) is 31.3. The van der Waals surface area contributed by atoms with Gasteiger partial charge in [-0.3, -0.25) is 14.6 Å². The van der Waals surface area contributed by atoms with Crippen molar-refractivity contribution >= 4 is 45.7 Å². The first-order chi connectivity index (χ1) is 13.0. The number of benzene rings is 2. The van der Waals surface area contributed by atoms with Crippen LogP contribution in [0.2, 0.25) is 5.02 Å². The fourth-order valence-electron chi connectivity index (χ4n) is 3.34. The lowest BCUT2D eigenvalue weighted by Crippen LogP contribution is -2.28. The predicted octanol–water partition coefficient (Wildman–Crippen LogP) is 4.19. The first kappa shape index (κ1) is 17.5. The predicted molar refractivity (Wildman–Crippen MR) is 107 cm³/mol. The van der Waals surface area contributed by atoms with E-state index in [0.717, 1.165) is 22.2 Å². The van der Waals surface area contributed by atoms with E-state index in [1.165, 1.54) is 0 Å². The Labute approximate surface area is 162 Å². The van der Waals surface area contributed by atoms with Crippen LogP contribution in [-0.2, 0) is 9.59 Å². The van der Waals surface area contributed by atoms with Gasteiger partial charge in [-0.2, -0.15) is 0 Å². The first-order valence-electron chi connectivity index (χ1n) is 8.74. The molecule has 1 atom stereocenters. The van der Waals surface area contributed by atoms with E-state index < -0.39 is 5.92 Å². The maximum absolute atomic E-state index is 12.6. The Morgan fingerprint density at radius 1 is 1.22 bits per heavy atom. The fraction of sp³-hybridized carbons (Fsp3) is 0.190. The highest BCUT2D eigenvalue weighted by molar-refractivity contribution is 6.31. The highest BCUT2D eigenvalue weighted by Crippen LogP contribution is 2.31. The summed E-state index contributed by atoms with van der Waals surface area (Å²) in [5.41, 5.74) is 3.08. The molecule has 136 valence electrons. The molecular weight excluding hydrogens is 362 g/mol. The second-order valence-electron chi connectivity index (χ2n) is 6.71. The number of hydrogen-bond donors (Lipinski definition) is 1. The van der Waals surface area contributed by atoms with E-state index in [1.807, 2.05) is 49.4 Å². The molecule has 1 saturated heterocycles. The Balaban J connectivity index is 1.55. The Kier molecular flexibility index (Phi) is 4.54. The molecule has 0 bridgehead atoms. The van der Waals surface area contributed by atoms with Crippen molar-refractivity contribution < 1.29 is 9.59 Å². The number of aromatic nitrogens is 1. The molecule has 1 unspecified atom stereocenters. The van der Waals surface area contributed by atoms with Gasteiger partial charge in [0, 0.05) is 35.3 Å². The minimum atomic E-state index is -0.420. The highest BCUT2D eigenvalue weighted by Gasteiger charge is 2.36. The Bertz CT molecular complexity index is 1050. The van der Waals surface area contributed by atoms with E-state index in [9.17, 15) is 9.59 Å². The molecule has 2 amide bonds. The minimum absolute atomic E-state index is 0.0739. The number of carbonyl (C=O) groups is 2. The van der Waals surface area contributed by atoms with Crippen LogP contribution < -0.4 is 10.2 Å². The van der Waals surface area contributed by atoms with Crippen LogP contribution >= 0.6 is 11.6 Å². The molecule has 0 spiro atoms. The van der Waals surface area contributed by atoms with E-state index in [1.54, 1.807) is 17.2 Å². The van der Waals surface area contributed by atoms with Crippen molar-refractivity contribution in [3.05, 3.63) is 65.3 Å². The third-order valence-electron chi connectivity index (χ3n) is 4.84. The van der Waals surface area contributed by atoms with E-state index in [4.69, 9.17) is 11.6 Å². The van der Waals surface area contributed by atoms with Crippen molar-refractivity contribution in [2.24, 2.45) is 5.92 Å². The molecule has 1 N–H and O–H groups in total.